The summed E-state index contributed by atoms with van der Waals surface area (Å²) in [6.07, 6.45) is 2.40. The quantitative estimate of drug-likeness (QED) is 0.776. The molecule has 0 saturated heterocycles. The van der Waals surface area contributed by atoms with Crippen molar-refractivity contribution >= 4 is 5.91 Å². The predicted octanol–water partition coefficient (Wildman–Crippen LogP) is 2.29. The number of hydrogen-bond donors (Lipinski definition) is 2. The van der Waals surface area contributed by atoms with Crippen molar-refractivity contribution in [3.63, 3.8) is 0 Å². The summed E-state index contributed by atoms with van der Waals surface area (Å²) in [5.41, 5.74) is 1.76. The lowest BCUT2D eigenvalue weighted by molar-refractivity contribution is 0.0937. The first kappa shape index (κ1) is 14.7. The predicted molar refractivity (Wildman–Crippen MR) is 87.1 cm³/mol. The van der Waals surface area contributed by atoms with Crippen LogP contribution >= 0.6 is 0 Å². The van der Waals surface area contributed by atoms with Crippen molar-refractivity contribution in [3.05, 3.63) is 100 Å². The van der Waals surface area contributed by atoms with E-state index in [0.29, 0.717) is 0 Å². The van der Waals surface area contributed by atoms with Crippen molar-refractivity contribution in [2.75, 3.05) is 0 Å². The average molecular weight is 305 g/mol. The van der Waals surface area contributed by atoms with Crippen molar-refractivity contribution in [2.24, 2.45) is 0 Å². The second kappa shape index (κ2) is 6.70. The Bertz CT molecular complexity index is 785. The molecule has 0 bridgehead atoms. The average Bonchev–Trinajstić information content (AvgIpc) is 2.61. The number of nitrogens with one attached hydrogen (secondary N) is 2. The fourth-order valence-electron chi connectivity index (χ4n) is 2.32. The van der Waals surface area contributed by atoms with Crippen LogP contribution in [-0.4, -0.2) is 15.9 Å². The Labute approximate surface area is 133 Å². The van der Waals surface area contributed by atoms with E-state index in [1.54, 1.807) is 0 Å². The minimum Gasteiger partial charge on any atom is -0.340 e. The number of carbonyl (C=O) groups excluding carboxylic acids is 1. The van der Waals surface area contributed by atoms with E-state index in [1.165, 1.54) is 6.20 Å². The molecule has 0 fully saturated rings. The molecule has 23 heavy (non-hydrogen) atoms. The summed E-state index contributed by atoms with van der Waals surface area (Å²) in [5.74, 6) is -0.348. The van der Waals surface area contributed by atoms with E-state index in [4.69, 9.17) is 0 Å². The molecule has 1 amide bonds. The van der Waals surface area contributed by atoms with Crippen LogP contribution in [-0.2, 0) is 0 Å². The van der Waals surface area contributed by atoms with Crippen LogP contribution in [0.2, 0.25) is 0 Å². The summed E-state index contributed by atoms with van der Waals surface area (Å²) in [4.78, 5) is 29.8. The Kier molecular flexibility index (Phi) is 4.29. The maximum atomic E-state index is 12.4. The van der Waals surface area contributed by atoms with Crippen LogP contribution in [0.25, 0.3) is 0 Å². The first-order valence-electron chi connectivity index (χ1n) is 7.19. The van der Waals surface area contributed by atoms with Crippen molar-refractivity contribution in [2.45, 2.75) is 6.04 Å². The second-order valence-electron chi connectivity index (χ2n) is 5.02. The molecule has 0 saturated carbocycles. The second-order valence-corrected chi connectivity index (χ2v) is 5.02. The number of hydrogen-bond acceptors (Lipinski definition) is 3. The fraction of sp³-hybridized carbons (Fsp3) is 0.0556. The molecule has 0 aliphatic rings. The summed E-state index contributed by atoms with van der Waals surface area (Å²) < 4.78 is 0. The highest BCUT2D eigenvalue weighted by Gasteiger charge is 2.18. The molecule has 3 aromatic rings. The molecule has 2 N–H and O–H groups in total. The minimum atomic E-state index is -0.348. The Morgan fingerprint density at radius 2 is 1.52 bits per heavy atom. The molecule has 0 radical (unpaired) electrons. The number of nitrogens with zero attached hydrogens (tertiary/aromatic N) is 1. The first-order valence-corrected chi connectivity index (χ1v) is 7.19. The zero-order valence-electron chi connectivity index (χ0n) is 12.3. The lowest BCUT2D eigenvalue weighted by Crippen LogP contribution is -2.30. The molecule has 1 heterocycles. The monoisotopic (exact) mass is 305 g/mol. The van der Waals surface area contributed by atoms with Crippen LogP contribution in [0.5, 0.6) is 0 Å². The van der Waals surface area contributed by atoms with E-state index in [-0.39, 0.29) is 23.2 Å². The Hall–Kier alpha value is -3.21. The highest BCUT2D eigenvalue weighted by atomic mass is 16.2. The number of amides is 1. The van der Waals surface area contributed by atoms with Crippen molar-refractivity contribution in [1.29, 1.82) is 0 Å². The normalized spacial score (nSPS) is 10.5. The third-order valence-electron chi connectivity index (χ3n) is 3.45. The Morgan fingerprint density at radius 1 is 0.957 bits per heavy atom. The summed E-state index contributed by atoms with van der Waals surface area (Å²) in [6, 6.07) is 19.1. The molecular weight excluding hydrogens is 290 g/mol. The molecule has 5 nitrogen and oxygen atoms in total. The third-order valence-corrected chi connectivity index (χ3v) is 3.45. The van der Waals surface area contributed by atoms with E-state index < -0.39 is 0 Å². The van der Waals surface area contributed by atoms with Gasteiger partial charge in [-0.25, -0.2) is 4.98 Å². The van der Waals surface area contributed by atoms with Crippen LogP contribution in [0.1, 0.15) is 27.7 Å². The highest BCUT2D eigenvalue weighted by molar-refractivity contribution is 5.92. The van der Waals surface area contributed by atoms with E-state index in [2.05, 4.69) is 15.3 Å². The minimum absolute atomic E-state index is 0.168. The molecule has 5 heteroatoms. The van der Waals surface area contributed by atoms with Gasteiger partial charge in [-0.3, -0.25) is 9.59 Å². The van der Waals surface area contributed by atoms with Crippen molar-refractivity contribution in [1.82, 2.24) is 15.3 Å². The van der Waals surface area contributed by atoms with E-state index in [9.17, 15) is 9.59 Å². The number of carbonyl (C=O) groups is 1. The van der Waals surface area contributed by atoms with Gasteiger partial charge < -0.3 is 10.3 Å². The lowest BCUT2D eigenvalue weighted by Gasteiger charge is -2.19. The molecule has 114 valence electrons. The van der Waals surface area contributed by atoms with E-state index in [1.807, 2.05) is 60.7 Å². The van der Waals surface area contributed by atoms with E-state index in [0.717, 1.165) is 17.3 Å². The molecular formula is C18H15N3O2. The van der Waals surface area contributed by atoms with Gasteiger partial charge in [-0.2, -0.15) is 0 Å². The first-order chi connectivity index (χ1) is 11.2. The van der Waals surface area contributed by atoms with E-state index >= 15 is 0 Å². The smallest absolute Gasteiger partial charge is 0.272 e. The summed E-state index contributed by atoms with van der Waals surface area (Å²) in [7, 11) is 0. The van der Waals surface area contributed by atoms with Gasteiger partial charge in [0, 0.05) is 6.20 Å². The molecule has 0 aliphatic carbocycles. The number of rotatable bonds is 4. The Balaban J connectivity index is 1.92. The molecule has 0 atom stereocenters. The van der Waals surface area contributed by atoms with Gasteiger partial charge in [0.05, 0.1) is 12.2 Å². The van der Waals surface area contributed by atoms with Crippen LogP contribution in [0.15, 0.2) is 77.9 Å². The van der Waals surface area contributed by atoms with Crippen molar-refractivity contribution in [3.8, 4) is 0 Å². The van der Waals surface area contributed by atoms with Crippen molar-refractivity contribution < 1.29 is 4.79 Å². The number of H-pyrrole nitrogens is 1. The summed E-state index contributed by atoms with van der Waals surface area (Å²) >= 11 is 0. The molecule has 0 aliphatic heterocycles. The number of benzene rings is 2. The fourth-order valence-corrected chi connectivity index (χ4v) is 2.32. The summed E-state index contributed by atoms with van der Waals surface area (Å²) in [5, 5.41) is 2.96. The molecule has 0 unspecified atom stereocenters. The SMILES string of the molecule is O=C(NC(c1ccccc1)c1ccccc1)c1c[nH]c(=O)cn1. The molecule has 1 aromatic heterocycles. The number of aromatic nitrogens is 2. The zero-order chi connectivity index (χ0) is 16.1. The van der Waals surface area contributed by atoms with Crippen LogP contribution in [0.4, 0.5) is 0 Å². The zero-order valence-corrected chi connectivity index (χ0v) is 12.3. The highest BCUT2D eigenvalue weighted by Crippen LogP contribution is 2.21. The van der Waals surface area contributed by atoms with Gasteiger partial charge >= 0.3 is 0 Å². The van der Waals surface area contributed by atoms with Gasteiger partial charge in [-0.1, -0.05) is 60.7 Å². The van der Waals surface area contributed by atoms with Gasteiger partial charge in [0.25, 0.3) is 11.5 Å². The standard InChI is InChI=1S/C18H15N3O2/c22-16-12-19-15(11-20-16)18(23)21-17(13-7-3-1-4-8-13)14-9-5-2-6-10-14/h1-12,17H,(H,20,22)(H,21,23). The van der Waals surface area contributed by atoms with Gasteiger partial charge in [-0.05, 0) is 11.1 Å². The molecule has 0 spiro atoms. The van der Waals surface area contributed by atoms with Gasteiger partial charge in [0.1, 0.15) is 5.69 Å². The largest absolute Gasteiger partial charge is 0.340 e. The lowest BCUT2D eigenvalue weighted by atomic mass is 9.98. The third kappa shape index (κ3) is 3.52. The topological polar surface area (TPSA) is 74.8 Å². The molecule has 3 rings (SSSR count). The van der Waals surface area contributed by atoms with Gasteiger partial charge in [-0.15, -0.1) is 0 Å². The number of aromatic amines is 1. The molecule has 2 aromatic carbocycles. The maximum Gasteiger partial charge on any atom is 0.272 e. The Morgan fingerprint density at radius 3 is 2.00 bits per heavy atom. The summed E-state index contributed by atoms with van der Waals surface area (Å²) in [6.45, 7) is 0. The van der Waals surface area contributed by atoms with Crippen LogP contribution in [0.3, 0.4) is 0 Å². The maximum absolute atomic E-state index is 12.4. The van der Waals surface area contributed by atoms with Gasteiger partial charge in [0.2, 0.25) is 0 Å². The van der Waals surface area contributed by atoms with Gasteiger partial charge in [0.15, 0.2) is 0 Å². The van der Waals surface area contributed by atoms with Crippen LogP contribution in [0, 0.1) is 0 Å². The van der Waals surface area contributed by atoms with Crippen LogP contribution < -0.4 is 10.9 Å².